The number of rotatable bonds is 4. The van der Waals surface area contributed by atoms with Crippen LogP contribution in [0.15, 0.2) is 9.59 Å². The first-order valence-corrected chi connectivity index (χ1v) is 8.06. The molecule has 0 amide bonds. The third-order valence-electron chi connectivity index (χ3n) is 4.23. The van der Waals surface area contributed by atoms with Crippen molar-refractivity contribution in [2.24, 2.45) is 5.92 Å². The molecular weight excluding hydrogens is 288 g/mol. The zero-order valence-corrected chi connectivity index (χ0v) is 13.2. The number of aromatic nitrogens is 2. The Morgan fingerprint density at radius 3 is 2.57 bits per heavy atom. The van der Waals surface area contributed by atoms with E-state index in [1.165, 1.54) is 15.9 Å². The van der Waals surface area contributed by atoms with E-state index in [9.17, 15) is 14.4 Å². The molecule has 0 aromatic carbocycles. The Morgan fingerprint density at radius 2 is 2.05 bits per heavy atom. The van der Waals surface area contributed by atoms with Gasteiger partial charge in [-0.15, -0.1) is 11.3 Å². The Kier molecular flexibility index (Phi) is 3.36. The zero-order valence-electron chi connectivity index (χ0n) is 12.4. The molecule has 2 heterocycles. The lowest BCUT2D eigenvalue weighted by Gasteiger charge is -2.11. The van der Waals surface area contributed by atoms with Crippen molar-refractivity contribution in [1.29, 1.82) is 0 Å². The van der Waals surface area contributed by atoms with Crippen LogP contribution in [0.25, 0.3) is 10.2 Å². The molecule has 5 nitrogen and oxygen atoms in total. The summed E-state index contributed by atoms with van der Waals surface area (Å²) in [5.41, 5.74) is 0.225. The first-order chi connectivity index (χ1) is 10.0. The Bertz CT molecular complexity index is 843. The lowest BCUT2D eigenvalue weighted by molar-refractivity contribution is 0.112. The number of nitrogens with zero attached hydrogens (tertiary/aromatic N) is 2. The molecule has 0 radical (unpaired) electrons. The highest BCUT2D eigenvalue weighted by atomic mass is 32.1. The molecule has 1 aliphatic carbocycles. The molecule has 6 heteroatoms. The highest BCUT2D eigenvalue weighted by Crippen LogP contribution is 2.41. The lowest BCUT2D eigenvalue weighted by atomic mass is 10.2. The van der Waals surface area contributed by atoms with Gasteiger partial charge in [0.05, 0.1) is 10.3 Å². The van der Waals surface area contributed by atoms with E-state index in [-0.39, 0.29) is 17.3 Å². The van der Waals surface area contributed by atoms with Crippen molar-refractivity contribution in [2.75, 3.05) is 0 Å². The predicted molar refractivity (Wildman–Crippen MR) is 83.6 cm³/mol. The van der Waals surface area contributed by atoms with Gasteiger partial charge >= 0.3 is 5.69 Å². The van der Waals surface area contributed by atoms with Gasteiger partial charge in [-0.1, -0.05) is 13.8 Å². The molecule has 1 fully saturated rings. The molecule has 0 unspecified atom stereocenters. The lowest BCUT2D eigenvalue weighted by Crippen LogP contribution is -2.39. The molecular formula is C15H18N2O3S. The van der Waals surface area contributed by atoms with Crippen LogP contribution < -0.4 is 11.2 Å². The van der Waals surface area contributed by atoms with E-state index in [1.54, 1.807) is 11.5 Å². The quantitative estimate of drug-likeness (QED) is 0.815. The minimum absolute atomic E-state index is 0.0106. The Hall–Kier alpha value is -1.69. The fourth-order valence-electron chi connectivity index (χ4n) is 2.87. The van der Waals surface area contributed by atoms with Crippen molar-refractivity contribution in [1.82, 2.24) is 9.13 Å². The van der Waals surface area contributed by atoms with Gasteiger partial charge in [0.1, 0.15) is 4.83 Å². The number of fused-ring (bicyclic) bond motifs is 1. The molecule has 2 aromatic heterocycles. The fraction of sp³-hybridized carbons (Fsp3) is 0.533. The normalized spacial score (nSPS) is 20.9. The topological polar surface area (TPSA) is 61.1 Å². The highest BCUT2D eigenvalue weighted by molar-refractivity contribution is 7.20. The van der Waals surface area contributed by atoms with E-state index in [2.05, 4.69) is 0 Å². The number of thiophene rings is 1. The van der Waals surface area contributed by atoms with Crippen LogP contribution in [0.5, 0.6) is 0 Å². The van der Waals surface area contributed by atoms with E-state index in [0.29, 0.717) is 33.1 Å². The summed E-state index contributed by atoms with van der Waals surface area (Å²) in [6, 6.07) is 0.0106. The largest absolute Gasteiger partial charge is 0.332 e. The fourth-order valence-corrected chi connectivity index (χ4v) is 4.00. The molecule has 0 N–H and O–H groups in total. The summed E-state index contributed by atoms with van der Waals surface area (Å²) in [7, 11) is 0. The van der Waals surface area contributed by atoms with Crippen molar-refractivity contribution in [2.45, 2.75) is 46.2 Å². The molecule has 1 saturated carbocycles. The number of hydrogen-bond acceptors (Lipinski definition) is 4. The van der Waals surface area contributed by atoms with Gasteiger partial charge in [0.2, 0.25) is 0 Å². The van der Waals surface area contributed by atoms with Crippen molar-refractivity contribution in [3.05, 3.63) is 31.3 Å². The van der Waals surface area contributed by atoms with Crippen molar-refractivity contribution in [3.8, 4) is 0 Å². The first-order valence-electron chi connectivity index (χ1n) is 7.24. The van der Waals surface area contributed by atoms with Crippen LogP contribution in [0.2, 0.25) is 0 Å². The van der Waals surface area contributed by atoms with Gasteiger partial charge < -0.3 is 0 Å². The molecule has 0 saturated heterocycles. The summed E-state index contributed by atoms with van der Waals surface area (Å²) in [6.45, 7) is 6.39. The summed E-state index contributed by atoms with van der Waals surface area (Å²) < 4.78 is 3.06. The molecule has 112 valence electrons. The van der Waals surface area contributed by atoms with E-state index in [4.69, 9.17) is 0 Å². The first kappa shape index (κ1) is 14.3. The van der Waals surface area contributed by atoms with Crippen LogP contribution in [-0.2, 0) is 6.54 Å². The number of hydrogen-bond donors (Lipinski definition) is 0. The second-order valence-corrected chi connectivity index (χ2v) is 6.81. The maximum absolute atomic E-state index is 12.7. The summed E-state index contributed by atoms with van der Waals surface area (Å²) in [5, 5.41) is 0.536. The monoisotopic (exact) mass is 306 g/mol. The molecule has 1 aliphatic rings. The van der Waals surface area contributed by atoms with E-state index in [1.807, 2.05) is 13.8 Å². The number of carbonyl (C=O) groups is 1. The average Bonchev–Trinajstić information content (AvgIpc) is 3.05. The van der Waals surface area contributed by atoms with Crippen molar-refractivity contribution < 1.29 is 4.79 Å². The third kappa shape index (κ3) is 2.00. The van der Waals surface area contributed by atoms with Crippen LogP contribution in [0.4, 0.5) is 0 Å². The van der Waals surface area contributed by atoms with Gasteiger partial charge in [0.15, 0.2) is 6.29 Å². The zero-order chi connectivity index (χ0) is 15.3. The molecule has 2 aromatic rings. The molecule has 2 atom stereocenters. The van der Waals surface area contributed by atoms with Gasteiger partial charge in [-0.3, -0.25) is 18.7 Å². The maximum Gasteiger partial charge on any atom is 0.332 e. The second kappa shape index (κ2) is 4.94. The smallest absolute Gasteiger partial charge is 0.297 e. The standard InChI is InChI=1S/C15H18N2O3S/c1-4-5-16-14-12(9(3)11(7-18)21-14)13(19)17(15(16)20)10-6-8(10)2/h7-8,10H,4-6H2,1-3H3/t8-,10-/m0/s1. The third-order valence-corrected chi connectivity index (χ3v) is 5.47. The Balaban J connectivity index is 2.44. The van der Waals surface area contributed by atoms with Crippen LogP contribution >= 0.6 is 11.3 Å². The Labute approximate surface area is 125 Å². The van der Waals surface area contributed by atoms with Gasteiger partial charge in [0, 0.05) is 12.6 Å². The molecule has 0 aliphatic heterocycles. The Morgan fingerprint density at radius 1 is 1.38 bits per heavy atom. The van der Waals surface area contributed by atoms with Crippen LogP contribution in [0.3, 0.4) is 0 Å². The van der Waals surface area contributed by atoms with E-state index >= 15 is 0 Å². The minimum Gasteiger partial charge on any atom is -0.297 e. The number of aryl methyl sites for hydroxylation is 2. The average molecular weight is 306 g/mol. The van der Waals surface area contributed by atoms with E-state index in [0.717, 1.165) is 19.1 Å². The predicted octanol–water partition coefficient (Wildman–Crippen LogP) is 2.34. The molecule has 21 heavy (non-hydrogen) atoms. The van der Waals surface area contributed by atoms with E-state index < -0.39 is 0 Å². The van der Waals surface area contributed by atoms with Gasteiger partial charge in [0.25, 0.3) is 5.56 Å². The summed E-state index contributed by atoms with van der Waals surface area (Å²) >= 11 is 1.24. The van der Waals surface area contributed by atoms with Crippen molar-refractivity contribution >= 4 is 27.8 Å². The summed E-state index contributed by atoms with van der Waals surface area (Å²) in [5.74, 6) is 0.368. The van der Waals surface area contributed by atoms with Crippen LogP contribution in [0, 0.1) is 12.8 Å². The van der Waals surface area contributed by atoms with Gasteiger partial charge in [-0.05, 0) is 31.2 Å². The molecule has 0 spiro atoms. The summed E-state index contributed by atoms with van der Waals surface area (Å²) in [6.07, 6.45) is 2.45. The summed E-state index contributed by atoms with van der Waals surface area (Å²) in [4.78, 5) is 37.7. The number of carbonyl (C=O) groups excluding carboxylic acids is 1. The minimum atomic E-state index is -0.237. The van der Waals surface area contributed by atoms with Gasteiger partial charge in [-0.2, -0.15) is 0 Å². The number of aldehydes is 1. The SMILES string of the molecule is CCCn1c(=O)n([C@H]2C[C@@H]2C)c(=O)c2c(C)c(C=O)sc21. The van der Waals surface area contributed by atoms with Crippen molar-refractivity contribution in [3.63, 3.8) is 0 Å². The van der Waals surface area contributed by atoms with Crippen LogP contribution in [-0.4, -0.2) is 15.4 Å². The second-order valence-electron chi connectivity index (χ2n) is 5.78. The molecule has 3 rings (SSSR count). The maximum atomic E-state index is 12.7. The van der Waals surface area contributed by atoms with Gasteiger partial charge in [-0.25, -0.2) is 4.79 Å². The highest BCUT2D eigenvalue weighted by Gasteiger charge is 2.38. The van der Waals surface area contributed by atoms with Crippen LogP contribution in [0.1, 0.15) is 48.0 Å². The molecule has 0 bridgehead atoms.